The molecule has 1 aromatic carbocycles. The quantitative estimate of drug-likeness (QED) is 0.462. The SMILES string of the molecule is N#C/C(=C\c1ccc2c(c1)OCO2)C(=O)OCC(=O)NC[C@@H]1CCCO1. The molecule has 136 valence electrons. The Labute approximate surface area is 150 Å². The number of nitrogens with zero attached hydrogens (tertiary/aromatic N) is 1. The number of hydrogen-bond acceptors (Lipinski definition) is 7. The lowest BCUT2D eigenvalue weighted by molar-refractivity contribution is -0.144. The van der Waals surface area contributed by atoms with Crippen molar-refractivity contribution in [1.82, 2.24) is 5.32 Å². The van der Waals surface area contributed by atoms with E-state index in [2.05, 4.69) is 5.32 Å². The van der Waals surface area contributed by atoms with Crippen LogP contribution < -0.4 is 14.8 Å². The van der Waals surface area contributed by atoms with Crippen LogP contribution in [0.4, 0.5) is 0 Å². The first kappa shape index (κ1) is 17.8. The topological polar surface area (TPSA) is 107 Å². The molecule has 26 heavy (non-hydrogen) atoms. The monoisotopic (exact) mass is 358 g/mol. The van der Waals surface area contributed by atoms with Crippen molar-refractivity contribution >= 4 is 18.0 Å². The minimum absolute atomic E-state index is 0.00947. The normalized spacial score (nSPS) is 18.3. The molecule has 0 aliphatic carbocycles. The van der Waals surface area contributed by atoms with E-state index in [4.69, 9.17) is 18.9 Å². The number of nitrogens with one attached hydrogen (secondary N) is 1. The molecule has 1 fully saturated rings. The van der Waals surface area contributed by atoms with Crippen molar-refractivity contribution in [1.29, 1.82) is 5.26 Å². The summed E-state index contributed by atoms with van der Waals surface area (Å²) in [5, 5.41) is 11.8. The van der Waals surface area contributed by atoms with E-state index in [-0.39, 0.29) is 18.5 Å². The van der Waals surface area contributed by atoms with Crippen molar-refractivity contribution in [2.24, 2.45) is 0 Å². The Morgan fingerprint density at radius 3 is 2.96 bits per heavy atom. The van der Waals surface area contributed by atoms with Gasteiger partial charge in [-0.15, -0.1) is 0 Å². The number of carbonyl (C=O) groups excluding carboxylic acids is 2. The molecule has 0 saturated carbocycles. The Morgan fingerprint density at radius 1 is 1.35 bits per heavy atom. The molecule has 0 bridgehead atoms. The zero-order valence-electron chi connectivity index (χ0n) is 14.0. The Kier molecular flexibility index (Phi) is 5.71. The molecule has 0 spiro atoms. The largest absolute Gasteiger partial charge is 0.454 e. The van der Waals surface area contributed by atoms with Crippen LogP contribution in [0.2, 0.25) is 0 Å². The van der Waals surface area contributed by atoms with Crippen molar-refractivity contribution < 1.29 is 28.5 Å². The smallest absolute Gasteiger partial charge is 0.349 e. The zero-order chi connectivity index (χ0) is 18.4. The molecule has 1 atom stereocenters. The number of amides is 1. The Balaban J connectivity index is 1.51. The molecule has 2 aliphatic rings. The first-order valence-corrected chi connectivity index (χ1v) is 8.22. The van der Waals surface area contributed by atoms with Gasteiger partial charge in [-0.3, -0.25) is 4.79 Å². The number of nitriles is 1. The number of ether oxygens (including phenoxy) is 4. The van der Waals surface area contributed by atoms with Gasteiger partial charge in [-0.2, -0.15) is 5.26 Å². The standard InChI is InChI=1S/C18H18N2O6/c19-8-13(6-12-3-4-15-16(7-12)26-11-25-15)18(22)24-10-17(21)20-9-14-2-1-5-23-14/h3-4,6-7,14H,1-2,5,9-11H2,(H,20,21)/b13-6+/t14-/m0/s1. The van der Waals surface area contributed by atoms with E-state index in [0.29, 0.717) is 30.2 Å². The number of rotatable bonds is 6. The molecule has 0 unspecified atom stereocenters. The summed E-state index contributed by atoms with van der Waals surface area (Å²) < 4.78 is 20.7. The number of esters is 1. The maximum absolute atomic E-state index is 12.0. The molecule has 2 heterocycles. The maximum Gasteiger partial charge on any atom is 0.349 e. The van der Waals surface area contributed by atoms with Crippen molar-refractivity contribution in [3.05, 3.63) is 29.3 Å². The zero-order valence-corrected chi connectivity index (χ0v) is 14.0. The number of benzene rings is 1. The fourth-order valence-corrected chi connectivity index (χ4v) is 2.60. The van der Waals surface area contributed by atoms with Gasteiger partial charge < -0.3 is 24.3 Å². The van der Waals surface area contributed by atoms with Gasteiger partial charge in [0.1, 0.15) is 11.6 Å². The van der Waals surface area contributed by atoms with E-state index < -0.39 is 18.5 Å². The number of hydrogen-bond donors (Lipinski definition) is 1. The second kappa shape index (κ2) is 8.36. The highest BCUT2D eigenvalue weighted by molar-refractivity contribution is 5.98. The minimum Gasteiger partial charge on any atom is -0.454 e. The average Bonchev–Trinajstić information content (AvgIpc) is 3.33. The van der Waals surface area contributed by atoms with E-state index in [9.17, 15) is 14.9 Å². The predicted molar refractivity (Wildman–Crippen MR) is 89.1 cm³/mol. The lowest BCUT2D eigenvalue weighted by Gasteiger charge is -2.10. The molecule has 2 aliphatic heterocycles. The van der Waals surface area contributed by atoms with Gasteiger partial charge in [0.2, 0.25) is 6.79 Å². The molecule has 0 radical (unpaired) electrons. The lowest BCUT2D eigenvalue weighted by atomic mass is 10.1. The van der Waals surface area contributed by atoms with Crippen LogP contribution in [0.15, 0.2) is 23.8 Å². The van der Waals surface area contributed by atoms with E-state index in [1.807, 2.05) is 0 Å². The van der Waals surface area contributed by atoms with E-state index in [0.717, 1.165) is 12.8 Å². The number of fused-ring (bicyclic) bond motifs is 1. The van der Waals surface area contributed by atoms with E-state index >= 15 is 0 Å². The van der Waals surface area contributed by atoms with Gasteiger partial charge in [-0.05, 0) is 36.6 Å². The highest BCUT2D eigenvalue weighted by Gasteiger charge is 2.18. The number of carbonyl (C=O) groups is 2. The lowest BCUT2D eigenvalue weighted by Crippen LogP contribution is -2.34. The van der Waals surface area contributed by atoms with Crippen molar-refractivity contribution in [3.63, 3.8) is 0 Å². The van der Waals surface area contributed by atoms with Crippen LogP contribution in [0.5, 0.6) is 11.5 Å². The van der Waals surface area contributed by atoms with E-state index in [1.54, 1.807) is 24.3 Å². The van der Waals surface area contributed by atoms with Crippen LogP contribution in [0, 0.1) is 11.3 Å². The van der Waals surface area contributed by atoms with Gasteiger partial charge in [0.25, 0.3) is 5.91 Å². The molecule has 1 amide bonds. The third-order valence-electron chi connectivity index (χ3n) is 3.93. The first-order chi connectivity index (χ1) is 12.7. The summed E-state index contributed by atoms with van der Waals surface area (Å²) in [4.78, 5) is 23.7. The van der Waals surface area contributed by atoms with Crippen LogP contribution in [0.1, 0.15) is 18.4 Å². The van der Waals surface area contributed by atoms with Gasteiger partial charge >= 0.3 is 5.97 Å². The summed E-state index contributed by atoms with van der Waals surface area (Å²) in [5.41, 5.74) is 0.376. The third-order valence-corrected chi connectivity index (χ3v) is 3.93. The maximum atomic E-state index is 12.0. The second-order valence-electron chi connectivity index (χ2n) is 5.80. The fourth-order valence-electron chi connectivity index (χ4n) is 2.60. The minimum atomic E-state index is -0.863. The summed E-state index contributed by atoms with van der Waals surface area (Å²) in [6, 6.07) is 6.81. The predicted octanol–water partition coefficient (Wildman–Crippen LogP) is 1.16. The van der Waals surface area contributed by atoms with Crippen LogP contribution in [0.25, 0.3) is 6.08 Å². The van der Waals surface area contributed by atoms with Crippen LogP contribution >= 0.6 is 0 Å². The molecule has 3 rings (SSSR count). The molecular weight excluding hydrogens is 340 g/mol. The molecule has 8 nitrogen and oxygen atoms in total. The average molecular weight is 358 g/mol. The highest BCUT2D eigenvalue weighted by atomic mass is 16.7. The first-order valence-electron chi connectivity index (χ1n) is 8.22. The molecule has 1 saturated heterocycles. The van der Waals surface area contributed by atoms with E-state index in [1.165, 1.54) is 6.08 Å². The fraction of sp³-hybridized carbons (Fsp3) is 0.389. The third kappa shape index (κ3) is 4.52. The van der Waals surface area contributed by atoms with Gasteiger partial charge in [0.15, 0.2) is 18.1 Å². The molecule has 8 heteroatoms. The summed E-state index contributed by atoms with van der Waals surface area (Å²) in [5.74, 6) is -0.157. The summed E-state index contributed by atoms with van der Waals surface area (Å²) >= 11 is 0. The summed E-state index contributed by atoms with van der Waals surface area (Å²) in [6.45, 7) is 0.766. The van der Waals surface area contributed by atoms with Crippen molar-refractivity contribution in [2.45, 2.75) is 18.9 Å². The van der Waals surface area contributed by atoms with Crippen LogP contribution in [-0.2, 0) is 19.1 Å². The molecular formula is C18H18N2O6. The van der Waals surface area contributed by atoms with Crippen molar-refractivity contribution in [2.75, 3.05) is 26.6 Å². The molecule has 1 N–H and O–H groups in total. The Morgan fingerprint density at radius 2 is 2.19 bits per heavy atom. The van der Waals surface area contributed by atoms with Crippen LogP contribution in [0.3, 0.4) is 0 Å². The van der Waals surface area contributed by atoms with Crippen molar-refractivity contribution in [3.8, 4) is 17.6 Å². The van der Waals surface area contributed by atoms with Gasteiger partial charge in [0.05, 0.1) is 6.10 Å². The summed E-state index contributed by atoms with van der Waals surface area (Å²) in [6.07, 6.45) is 3.26. The summed E-state index contributed by atoms with van der Waals surface area (Å²) in [7, 11) is 0. The van der Waals surface area contributed by atoms with Gasteiger partial charge in [-0.25, -0.2) is 4.79 Å². The molecule has 0 aromatic heterocycles. The Bertz CT molecular complexity index is 761. The van der Waals surface area contributed by atoms with Gasteiger partial charge in [0, 0.05) is 13.2 Å². The Hall–Kier alpha value is -3.05. The highest BCUT2D eigenvalue weighted by Crippen LogP contribution is 2.33. The van der Waals surface area contributed by atoms with Gasteiger partial charge in [-0.1, -0.05) is 6.07 Å². The second-order valence-corrected chi connectivity index (χ2v) is 5.80. The molecule has 1 aromatic rings. The van der Waals surface area contributed by atoms with Crippen LogP contribution in [-0.4, -0.2) is 44.5 Å².